The van der Waals surface area contributed by atoms with Gasteiger partial charge in [-0.25, -0.2) is 9.36 Å². The number of hydrogen-bond acceptors (Lipinski definition) is 4. The molecule has 0 atom stereocenters. The van der Waals surface area contributed by atoms with Crippen molar-refractivity contribution < 1.29 is 4.79 Å². The molecule has 0 saturated carbocycles. The van der Waals surface area contributed by atoms with E-state index in [0.29, 0.717) is 10.7 Å². The van der Waals surface area contributed by atoms with Crippen LogP contribution in [0.1, 0.15) is 28.8 Å². The molecule has 1 fully saturated rings. The Balaban J connectivity index is 1.34. The topological polar surface area (TPSA) is 87.2 Å². The fourth-order valence-corrected chi connectivity index (χ4v) is 4.80. The number of aromatic amines is 1. The number of nitrogens with one attached hydrogen (secondary N) is 2. The molecular weight excluding hydrogens is 464 g/mol. The normalized spacial score (nSPS) is 14.8. The average molecular weight is 489 g/mol. The molecule has 3 aromatic carbocycles. The van der Waals surface area contributed by atoms with Gasteiger partial charge in [0, 0.05) is 30.7 Å². The van der Waals surface area contributed by atoms with E-state index in [9.17, 15) is 14.4 Å². The van der Waals surface area contributed by atoms with Gasteiger partial charge >= 0.3 is 5.69 Å². The van der Waals surface area contributed by atoms with E-state index in [-0.39, 0.29) is 28.4 Å². The minimum Gasteiger partial charge on any atom is -0.349 e. The highest BCUT2D eigenvalue weighted by Gasteiger charge is 2.23. The number of H-pyrrole nitrogens is 1. The lowest BCUT2D eigenvalue weighted by atomic mass is 10.0. The molecule has 0 bridgehead atoms. The lowest BCUT2D eigenvalue weighted by molar-refractivity contribution is 0.0910. The molecule has 7 nitrogen and oxygen atoms in total. The number of fused-ring (bicyclic) bond motifs is 1. The number of carbonyl (C=O) groups excluding carboxylic acids is 1. The third-order valence-corrected chi connectivity index (χ3v) is 6.65. The van der Waals surface area contributed by atoms with E-state index in [1.807, 2.05) is 18.2 Å². The zero-order valence-corrected chi connectivity index (χ0v) is 19.8. The minimum absolute atomic E-state index is 0.0309. The molecule has 1 aromatic heterocycles. The predicted octanol–water partition coefficient (Wildman–Crippen LogP) is 3.73. The van der Waals surface area contributed by atoms with Gasteiger partial charge in [-0.2, -0.15) is 0 Å². The molecular formula is C27H25ClN4O3. The number of para-hydroxylation sites is 1. The van der Waals surface area contributed by atoms with Crippen LogP contribution in [0.4, 0.5) is 0 Å². The van der Waals surface area contributed by atoms with E-state index in [1.165, 1.54) is 5.56 Å². The van der Waals surface area contributed by atoms with Crippen LogP contribution in [0.5, 0.6) is 0 Å². The highest BCUT2D eigenvalue weighted by Crippen LogP contribution is 2.18. The number of aromatic nitrogens is 2. The molecule has 1 amide bonds. The third-order valence-electron chi connectivity index (χ3n) is 6.42. The molecule has 0 unspecified atom stereocenters. The summed E-state index contributed by atoms with van der Waals surface area (Å²) in [5.41, 5.74) is 1.02. The van der Waals surface area contributed by atoms with Crippen molar-refractivity contribution in [3.63, 3.8) is 0 Å². The van der Waals surface area contributed by atoms with Gasteiger partial charge in [0.1, 0.15) is 0 Å². The van der Waals surface area contributed by atoms with E-state index in [1.54, 1.807) is 42.5 Å². The monoisotopic (exact) mass is 488 g/mol. The number of halogens is 1. The van der Waals surface area contributed by atoms with Crippen LogP contribution >= 0.6 is 11.6 Å². The van der Waals surface area contributed by atoms with Crippen molar-refractivity contribution in [1.29, 1.82) is 0 Å². The molecule has 1 aliphatic heterocycles. The van der Waals surface area contributed by atoms with Gasteiger partial charge in [0.2, 0.25) is 0 Å². The second-order valence-electron chi connectivity index (χ2n) is 8.79. The molecule has 178 valence electrons. The number of piperidine rings is 1. The van der Waals surface area contributed by atoms with E-state index < -0.39 is 11.2 Å². The third kappa shape index (κ3) is 4.92. The van der Waals surface area contributed by atoms with Gasteiger partial charge in [0.15, 0.2) is 0 Å². The first-order valence-electron chi connectivity index (χ1n) is 11.6. The summed E-state index contributed by atoms with van der Waals surface area (Å²) < 4.78 is 1.03. The Morgan fingerprint density at radius 2 is 1.71 bits per heavy atom. The molecule has 2 heterocycles. The summed E-state index contributed by atoms with van der Waals surface area (Å²) in [6.45, 7) is 2.66. The molecule has 8 heteroatoms. The second-order valence-corrected chi connectivity index (χ2v) is 9.22. The van der Waals surface area contributed by atoms with E-state index in [0.717, 1.165) is 37.0 Å². The fraction of sp³-hybridized carbons (Fsp3) is 0.222. The van der Waals surface area contributed by atoms with Crippen LogP contribution < -0.4 is 16.6 Å². The Morgan fingerprint density at radius 1 is 0.971 bits per heavy atom. The van der Waals surface area contributed by atoms with Crippen molar-refractivity contribution in [1.82, 2.24) is 19.8 Å². The van der Waals surface area contributed by atoms with Crippen LogP contribution in [0.2, 0.25) is 5.02 Å². The van der Waals surface area contributed by atoms with Crippen molar-refractivity contribution in [2.45, 2.75) is 25.4 Å². The van der Waals surface area contributed by atoms with Crippen LogP contribution in [0.25, 0.3) is 16.6 Å². The first kappa shape index (κ1) is 23.1. The summed E-state index contributed by atoms with van der Waals surface area (Å²) in [6.07, 6.45) is 1.67. The van der Waals surface area contributed by atoms with Crippen LogP contribution in [0.15, 0.2) is 82.4 Å². The average Bonchev–Trinajstić information content (AvgIpc) is 2.86. The number of hydrogen-bond donors (Lipinski definition) is 2. The van der Waals surface area contributed by atoms with Crippen molar-refractivity contribution in [2.24, 2.45) is 0 Å². The summed E-state index contributed by atoms with van der Waals surface area (Å²) in [7, 11) is 0. The van der Waals surface area contributed by atoms with Gasteiger partial charge in [-0.05, 0) is 48.7 Å². The van der Waals surface area contributed by atoms with Gasteiger partial charge in [0.25, 0.3) is 11.5 Å². The molecule has 0 spiro atoms. The van der Waals surface area contributed by atoms with Gasteiger partial charge in [-0.1, -0.05) is 54.1 Å². The van der Waals surface area contributed by atoms with Crippen molar-refractivity contribution in [3.8, 4) is 5.69 Å². The Kier molecular flexibility index (Phi) is 6.53. The summed E-state index contributed by atoms with van der Waals surface area (Å²) in [4.78, 5) is 44.3. The predicted molar refractivity (Wildman–Crippen MR) is 137 cm³/mol. The van der Waals surface area contributed by atoms with E-state index in [2.05, 4.69) is 27.3 Å². The molecule has 0 radical (unpaired) electrons. The molecule has 4 aromatic rings. The number of carbonyl (C=O) groups is 1. The van der Waals surface area contributed by atoms with Crippen molar-refractivity contribution >= 4 is 28.4 Å². The van der Waals surface area contributed by atoms with Crippen LogP contribution in [-0.4, -0.2) is 39.5 Å². The Bertz CT molecular complexity index is 1490. The quantitative estimate of drug-likeness (QED) is 0.448. The lowest BCUT2D eigenvalue weighted by Crippen LogP contribution is -2.44. The van der Waals surface area contributed by atoms with E-state index >= 15 is 0 Å². The number of rotatable bonds is 5. The highest BCUT2D eigenvalue weighted by molar-refractivity contribution is 6.30. The van der Waals surface area contributed by atoms with Crippen LogP contribution in [0.3, 0.4) is 0 Å². The zero-order chi connectivity index (χ0) is 24.4. The highest BCUT2D eigenvalue weighted by atomic mass is 35.5. The lowest BCUT2D eigenvalue weighted by Gasteiger charge is -2.32. The maximum absolute atomic E-state index is 13.2. The van der Waals surface area contributed by atoms with Gasteiger partial charge < -0.3 is 10.3 Å². The molecule has 5 rings (SSSR count). The number of nitrogens with zero attached hydrogens (tertiary/aromatic N) is 2. The van der Waals surface area contributed by atoms with E-state index in [4.69, 9.17) is 11.6 Å². The summed E-state index contributed by atoms with van der Waals surface area (Å²) >= 11 is 6.04. The van der Waals surface area contributed by atoms with Crippen LogP contribution in [-0.2, 0) is 6.54 Å². The first-order chi connectivity index (χ1) is 17.0. The zero-order valence-electron chi connectivity index (χ0n) is 19.0. The second kappa shape index (κ2) is 9.90. The molecule has 1 saturated heterocycles. The Labute approximate surface area is 207 Å². The Hall–Kier alpha value is -3.68. The molecule has 2 N–H and O–H groups in total. The van der Waals surface area contributed by atoms with Gasteiger partial charge in [0.05, 0.1) is 22.2 Å². The smallest absolute Gasteiger partial charge is 0.333 e. The maximum Gasteiger partial charge on any atom is 0.333 e. The Morgan fingerprint density at radius 3 is 2.46 bits per heavy atom. The van der Waals surface area contributed by atoms with Gasteiger partial charge in [-0.15, -0.1) is 0 Å². The van der Waals surface area contributed by atoms with Crippen LogP contribution in [0, 0.1) is 0 Å². The van der Waals surface area contributed by atoms with Crippen molar-refractivity contribution in [3.05, 3.63) is 110 Å². The number of amides is 1. The maximum atomic E-state index is 13.2. The molecule has 35 heavy (non-hydrogen) atoms. The first-order valence-corrected chi connectivity index (χ1v) is 12.0. The largest absolute Gasteiger partial charge is 0.349 e. The van der Waals surface area contributed by atoms with Gasteiger partial charge in [-0.3, -0.25) is 14.5 Å². The SMILES string of the molecule is O=C(NC1CCN(Cc2ccccc2)CC1)c1cccc2c(=O)n(-c3cccc(Cl)c3)c(=O)[nH]c12. The minimum atomic E-state index is -0.626. The number of likely N-dealkylation sites (tertiary alicyclic amines) is 1. The molecule has 0 aliphatic carbocycles. The number of benzene rings is 3. The summed E-state index contributed by atoms with van der Waals surface area (Å²) in [5.74, 6) is -0.298. The summed E-state index contributed by atoms with van der Waals surface area (Å²) in [6, 6.07) is 21.8. The fourth-order valence-electron chi connectivity index (χ4n) is 4.62. The standard InChI is InChI=1S/C27H25ClN4O3/c28-19-8-4-9-21(16-19)32-26(34)23-11-5-10-22(24(23)30-27(32)35)25(33)29-20-12-14-31(15-13-20)17-18-6-2-1-3-7-18/h1-11,16,20H,12-15,17H2,(H,29,33)(H,30,35). The molecule has 1 aliphatic rings. The summed E-state index contributed by atoms with van der Waals surface area (Å²) in [5, 5.41) is 3.76. The van der Waals surface area contributed by atoms with Crippen molar-refractivity contribution in [2.75, 3.05) is 13.1 Å².